The Morgan fingerprint density at radius 2 is 1.57 bits per heavy atom. The lowest BCUT2D eigenvalue weighted by Crippen LogP contribution is -3.00. The molecule has 2 aromatic rings. The highest BCUT2D eigenvalue weighted by atomic mass is 127. The quantitative estimate of drug-likeness (QED) is 0.163. The van der Waals surface area contributed by atoms with Crippen LogP contribution in [0.4, 0.5) is 0 Å². The van der Waals surface area contributed by atoms with Gasteiger partial charge in [-0.2, -0.15) is 0 Å². The maximum atomic E-state index is 12.2. The molecular weight excluding hydrogens is 555 g/mol. The van der Waals surface area contributed by atoms with Crippen LogP contribution in [0.5, 0.6) is 17.2 Å². The summed E-state index contributed by atoms with van der Waals surface area (Å²) in [4.78, 5) is 12.2. The van der Waals surface area contributed by atoms with Gasteiger partial charge in [-0.1, -0.05) is 51.9 Å². The molecule has 1 aromatic carbocycles. The van der Waals surface area contributed by atoms with Crippen molar-refractivity contribution in [2.24, 2.45) is 0 Å². The average molecular weight is 599 g/mol. The lowest BCUT2D eigenvalue weighted by Gasteiger charge is -2.13. The molecular formula is C28H43IN2O4. The molecule has 1 N–H and O–H groups in total. The van der Waals surface area contributed by atoms with Gasteiger partial charge in [-0.05, 0) is 37.5 Å². The van der Waals surface area contributed by atoms with Gasteiger partial charge in [-0.3, -0.25) is 4.79 Å². The van der Waals surface area contributed by atoms with Gasteiger partial charge < -0.3 is 43.5 Å². The van der Waals surface area contributed by atoms with Gasteiger partial charge in [0.15, 0.2) is 30.5 Å². The number of nitrogens with zero attached hydrogens (tertiary/aromatic N) is 1. The van der Waals surface area contributed by atoms with E-state index in [1.807, 2.05) is 12.1 Å². The summed E-state index contributed by atoms with van der Waals surface area (Å²) in [6.07, 6.45) is 15.1. The fraction of sp³-hybridized carbons (Fsp3) is 0.571. The largest absolute Gasteiger partial charge is 1.00 e. The number of ether oxygens (including phenoxy) is 3. The molecule has 35 heavy (non-hydrogen) atoms. The standard InChI is InChI=1S/C28H42N2O4.HI/c1-4-6-7-8-9-10-11-12-21-33-25-13-14-26(27(22-25)32-3)34-23-28(31)29-18-15-24-16-19-30(5-2)20-17-24;/h13-14,16-17,19-20,22H,4-12,15,18,21,23H2,1-3H3;1H. The van der Waals surface area contributed by atoms with E-state index in [4.69, 9.17) is 14.2 Å². The summed E-state index contributed by atoms with van der Waals surface area (Å²) in [5.41, 5.74) is 1.19. The third kappa shape index (κ3) is 13.0. The van der Waals surface area contributed by atoms with Gasteiger partial charge in [0, 0.05) is 24.7 Å². The average Bonchev–Trinajstić information content (AvgIpc) is 2.87. The number of carbonyl (C=O) groups is 1. The maximum absolute atomic E-state index is 12.2. The fourth-order valence-corrected chi connectivity index (χ4v) is 3.69. The smallest absolute Gasteiger partial charge is 0.257 e. The molecule has 0 aliphatic heterocycles. The molecule has 6 nitrogen and oxygen atoms in total. The van der Waals surface area contributed by atoms with Crippen LogP contribution in [-0.2, 0) is 17.8 Å². The van der Waals surface area contributed by atoms with Crippen LogP contribution in [0, 0.1) is 0 Å². The summed E-state index contributed by atoms with van der Waals surface area (Å²) < 4.78 is 19.1. The number of benzene rings is 1. The second-order valence-corrected chi connectivity index (χ2v) is 8.56. The van der Waals surface area contributed by atoms with Crippen LogP contribution < -0.4 is 48.1 Å². The third-order valence-electron chi connectivity index (χ3n) is 5.82. The van der Waals surface area contributed by atoms with Crippen molar-refractivity contribution >= 4 is 5.91 Å². The van der Waals surface area contributed by atoms with E-state index < -0.39 is 0 Å². The second kappa shape index (κ2) is 19.2. The van der Waals surface area contributed by atoms with Crippen LogP contribution in [0.1, 0.15) is 70.8 Å². The molecule has 0 atom stereocenters. The summed E-state index contributed by atoms with van der Waals surface area (Å²) >= 11 is 0. The Balaban J connectivity index is 0.00000612. The molecule has 7 heteroatoms. The molecule has 0 fully saturated rings. The molecule has 0 aliphatic carbocycles. The first-order chi connectivity index (χ1) is 16.7. The number of rotatable bonds is 18. The zero-order chi connectivity index (χ0) is 24.4. The number of carbonyl (C=O) groups excluding carboxylic acids is 1. The highest BCUT2D eigenvalue weighted by molar-refractivity contribution is 5.77. The highest BCUT2D eigenvalue weighted by Gasteiger charge is 2.09. The Kier molecular flexibility index (Phi) is 17.0. The van der Waals surface area contributed by atoms with Crippen LogP contribution in [0.25, 0.3) is 0 Å². The van der Waals surface area contributed by atoms with Gasteiger partial charge in [0.2, 0.25) is 0 Å². The van der Waals surface area contributed by atoms with Gasteiger partial charge in [-0.25, -0.2) is 4.57 Å². The predicted octanol–water partition coefficient (Wildman–Crippen LogP) is 2.26. The molecule has 1 aromatic heterocycles. The summed E-state index contributed by atoms with van der Waals surface area (Å²) in [6.45, 7) is 6.51. The molecule has 0 aliphatic rings. The Bertz CT molecular complexity index is 830. The molecule has 0 radical (unpaired) electrons. The number of hydrogen-bond donors (Lipinski definition) is 1. The minimum atomic E-state index is -0.156. The molecule has 1 heterocycles. The summed E-state index contributed by atoms with van der Waals surface area (Å²) in [5.74, 6) is 1.69. The van der Waals surface area contributed by atoms with E-state index in [1.54, 1.807) is 13.2 Å². The van der Waals surface area contributed by atoms with Gasteiger partial charge in [0.1, 0.15) is 12.3 Å². The predicted molar refractivity (Wildman–Crippen MR) is 136 cm³/mol. The topological polar surface area (TPSA) is 60.7 Å². The van der Waals surface area contributed by atoms with E-state index in [0.717, 1.165) is 25.1 Å². The number of aromatic nitrogens is 1. The highest BCUT2D eigenvalue weighted by Crippen LogP contribution is 2.31. The molecule has 0 saturated heterocycles. The van der Waals surface area contributed by atoms with Crippen molar-refractivity contribution < 1.29 is 47.5 Å². The zero-order valence-electron chi connectivity index (χ0n) is 21.7. The third-order valence-corrected chi connectivity index (χ3v) is 5.82. The minimum absolute atomic E-state index is 0. The van der Waals surface area contributed by atoms with Crippen LogP contribution >= 0.6 is 0 Å². The molecule has 196 valence electrons. The molecule has 0 unspecified atom stereocenters. The van der Waals surface area contributed by atoms with E-state index in [2.05, 4.69) is 48.3 Å². The maximum Gasteiger partial charge on any atom is 0.257 e. The molecule has 0 spiro atoms. The number of nitrogens with one attached hydrogen (secondary N) is 1. The number of halogens is 1. The SMILES string of the molecule is CCCCCCCCCCOc1ccc(OCC(=O)NCCc2cc[n+](CC)cc2)c(OC)c1.[I-]. The Morgan fingerprint density at radius 1 is 0.886 bits per heavy atom. The van der Waals surface area contributed by atoms with Gasteiger partial charge in [-0.15, -0.1) is 0 Å². The van der Waals surface area contributed by atoms with E-state index in [9.17, 15) is 4.79 Å². The Hall–Kier alpha value is -2.03. The first-order valence-corrected chi connectivity index (χ1v) is 12.8. The van der Waals surface area contributed by atoms with Gasteiger partial charge >= 0.3 is 0 Å². The number of hydrogen-bond acceptors (Lipinski definition) is 4. The van der Waals surface area contributed by atoms with Crippen LogP contribution in [0.3, 0.4) is 0 Å². The normalized spacial score (nSPS) is 10.4. The van der Waals surface area contributed by atoms with Crippen molar-refractivity contribution in [3.05, 3.63) is 48.3 Å². The Labute approximate surface area is 228 Å². The minimum Gasteiger partial charge on any atom is -1.00 e. The van der Waals surface area contributed by atoms with Gasteiger partial charge in [0.25, 0.3) is 5.91 Å². The molecule has 2 rings (SSSR count). The Morgan fingerprint density at radius 3 is 2.23 bits per heavy atom. The summed E-state index contributed by atoms with van der Waals surface area (Å²) in [6, 6.07) is 9.63. The van der Waals surface area contributed by atoms with Crippen LogP contribution in [0.15, 0.2) is 42.7 Å². The fourth-order valence-electron chi connectivity index (χ4n) is 3.69. The molecule has 0 saturated carbocycles. The molecule has 1 amide bonds. The van der Waals surface area contributed by atoms with Crippen LogP contribution in [-0.4, -0.2) is 32.8 Å². The van der Waals surface area contributed by atoms with E-state index in [-0.39, 0.29) is 36.5 Å². The lowest BCUT2D eigenvalue weighted by molar-refractivity contribution is -0.693. The second-order valence-electron chi connectivity index (χ2n) is 8.56. The van der Waals surface area contributed by atoms with E-state index in [0.29, 0.717) is 24.7 Å². The molecule has 0 bridgehead atoms. The van der Waals surface area contributed by atoms with Crippen LogP contribution in [0.2, 0.25) is 0 Å². The number of aryl methyl sites for hydroxylation is 1. The zero-order valence-corrected chi connectivity index (χ0v) is 23.8. The number of amides is 1. The van der Waals surface area contributed by atoms with Crippen molar-refractivity contribution in [1.29, 1.82) is 0 Å². The van der Waals surface area contributed by atoms with E-state index >= 15 is 0 Å². The van der Waals surface area contributed by atoms with Crippen molar-refractivity contribution in [2.45, 2.75) is 78.2 Å². The summed E-state index contributed by atoms with van der Waals surface area (Å²) in [5, 5.41) is 2.90. The van der Waals surface area contributed by atoms with Crippen molar-refractivity contribution in [3.63, 3.8) is 0 Å². The van der Waals surface area contributed by atoms with Crippen molar-refractivity contribution in [2.75, 3.05) is 26.9 Å². The first-order valence-electron chi connectivity index (χ1n) is 12.8. The summed E-state index contributed by atoms with van der Waals surface area (Å²) in [7, 11) is 1.59. The van der Waals surface area contributed by atoms with Gasteiger partial charge in [0.05, 0.1) is 13.7 Å². The first kappa shape index (κ1) is 31.0. The number of unbranched alkanes of at least 4 members (excludes halogenated alkanes) is 7. The van der Waals surface area contributed by atoms with E-state index in [1.165, 1.54) is 50.5 Å². The number of methoxy groups -OCH3 is 1. The monoisotopic (exact) mass is 598 g/mol. The van der Waals surface area contributed by atoms with Crippen molar-refractivity contribution in [3.8, 4) is 17.2 Å². The number of pyridine rings is 1. The lowest BCUT2D eigenvalue weighted by atomic mass is 10.1. The van der Waals surface area contributed by atoms with Crippen molar-refractivity contribution in [1.82, 2.24) is 5.32 Å².